The number of Topliss-reactive ketones (excluding diaryl/α,β-unsaturated/α-hetero) is 1. The van der Waals surface area contributed by atoms with Crippen LogP contribution < -0.4 is 9.64 Å². The van der Waals surface area contributed by atoms with Crippen molar-refractivity contribution in [2.45, 2.75) is 6.42 Å². The molecule has 1 saturated heterocycles. The number of carbonyl (C=O) groups excluding carboxylic acids is 3. The largest absolute Gasteiger partial charge is 0.497 e. The van der Waals surface area contributed by atoms with Gasteiger partial charge in [0.2, 0.25) is 5.91 Å². The van der Waals surface area contributed by atoms with Crippen molar-refractivity contribution in [3.05, 3.63) is 59.9 Å². The maximum absolute atomic E-state index is 13.9. The molecule has 0 bridgehead atoms. The topological polar surface area (TPSA) is 72.9 Å². The van der Waals surface area contributed by atoms with Gasteiger partial charge in [-0.3, -0.25) is 14.4 Å². The summed E-state index contributed by atoms with van der Waals surface area (Å²) in [6.45, 7) is -0.398. The van der Waals surface area contributed by atoms with E-state index in [2.05, 4.69) is 0 Å². The van der Waals surface area contributed by atoms with E-state index in [-0.39, 0.29) is 30.3 Å². The van der Waals surface area contributed by atoms with Gasteiger partial charge in [0.15, 0.2) is 12.4 Å². The summed E-state index contributed by atoms with van der Waals surface area (Å²) in [5, 5.41) is 0. The molecule has 1 heterocycles. The van der Waals surface area contributed by atoms with E-state index in [4.69, 9.17) is 9.47 Å². The van der Waals surface area contributed by atoms with Crippen molar-refractivity contribution >= 4 is 23.3 Å². The summed E-state index contributed by atoms with van der Waals surface area (Å²) in [5.74, 6) is -2.02. The molecule has 1 atom stereocenters. The number of methoxy groups -OCH3 is 1. The first-order valence-electron chi connectivity index (χ1n) is 8.38. The van der Waals surface area contributed by atoms with Crippen molar-refractivity contribution in [3.63, 3.8) is 0 Å². The van der Waals surface area contributed by atoms with Crippen LogP contribution in [0, 0.1) is 11.7 Å². The van der Waals surface area contributed by atoms with Crippen LogP contribution in [0.2, 0.25) is 0 Å². The molecule has 0 spiro atoms. The molecule has 1 aliphatic rings. The lowest BCUT2D eigenvalue weighted by atomic mass is 10.1. The highest BCUT2D eigenvalue weighted by atomic mass is 19.1. The highest BCUT2D eigenvalue weighted by molar-refractivity contribution is 6.01. The number of benzene rings is 2. The summed E-state index contributed by atoms with van der Waals surface area (Å²) in [6.07, 6.45) is -0.0795. The molecule has 1 fully saturated rings. The van der Waals surface area contributed by atoms with E-state index in [0.717, 1.165) is 0 Å². The second-order valence-electron chi connectivity index (χ2n) is 6.12. The second-order valence-corrected chi connectivity index (χ2v) is 6.12. The van der Waals surface area contributed by atoms with Gasteiger partial charge in [-0.1, -0.05) is 12.1 Å². The van der Waals surface area contributed by atoms with Crippen molar-refractivity contribution in [1.29, 1.82) is 0 Å². The van der Waals surface area contributed by atoms with Gasteiger partial charge in [-0.15, -0.1) is 0 Å². The molecule has 0 aromatic heterocycles. The number of anilines is 1. The molecule has 27 heavy (non-hydrogen) atoms. The van der Waals surface area contributed by atoms with Gasteiger partial charge in [-0.25, -0.2) is 4.39 Å². The second kappa shape index (κ2) is 7.99. The molecule has 0 radical (unpaired) electrons. The van der Waals surface area contributed by atoms with Gasteiger partial charge in [0, 0.05) is 18.5 Å². The third-order valence-electron chi connectivity index (χ3n) is 4.36. The standard InChI is InChI=1S/C20H18FNO5/c1-26-15-8-6-13(7-9-15)18(23)12-27-20(25)14-10-19(24)22(11-14)17-5-3-2-4-16(17)21/h2-9,14H,10-12H2,1H3/t14-/m0/s1. The molecular weight excluding hydrogens is 353 g/mol. The Morgan fingerprint density at radius 1 is 1.15 bits per heavy atom. The van der Waals surface area contributed by atoms with Crippen LogP contribution in [0.15, 0.2) is 48.5 Å². The number of para-hydroxylation sites is 1. The fourth-order valence-electron chi connectivity index (χ4n) is 2.88. The molecular formula is C20H18FNO5. The summed E-state index contributed by atoms with van der Waals surface area (Å²) in [7, 11) is 1.52. The minimum absolute atomic E-state index is 0.0231. The van der Waals surface area contributed by atoms with E-state index in [0.29, 0.717) is 11.3 Å². The predicted octanol–water partition coefficient (Wildman–Crippen LogP) is 2.61. The number of esters is 1. The number of amides is 1. The van der Waals surface area contributed by atoms with Crippen LogP contribution in [0.3, 0.4) is 0 Å². The van der Waals surface area contributed by atoms with Crippen LogP contribution in [-0.4, -0.2) is 37.9 Å². The van der Waals surface area contributed by atoms with Gasteiger partial charge in [0.05, 0.1) is 18.7 Å². The van der Waals surface area contributed by atoms with Crippen molar-refractivity contribution in [1.82, 2.24) is 0 Å². The summed E-state index contributed by atoms with van der Waals surface area (Å²) in [5.41, 5.74) is 0.520. The number of carbonyl (C=O) groups is 3. The van der Waals surface area contributed by atoms with Gasteiger partial charge in [-0.05, 0) is 36.4 Å². The number of ether oxygens (including phenoxy) is 2. The van der Waals surface area contributed by atoms with Crippen LogP contribution in [0.4, 0.5) is 10.1 Å². The Kier molecular flexibility index (Phi) is 5.49. The Bertz CT molecular complexity index is 865. The number of hydrogen-bond acceptors (Lipinski definition) is 5. The summed E-state index contributed by atoms with van der Waals surface area (Å²) >= 11 is 0. The van der Waals surface area contributed by atoms with Crippen LogP contribution in [0.1, 0.15) is 16.8 Å². The van der Waals surface area contributed by atoms with Gasteiger partial charge >= 0.3 is 5.97 Å². The third-order valence-corrected chi connectivity index (χ3v) is 4.36. The highest BCUT2D eigenvalue weighted by Crippen LogP contribution is 2.27. The molecule has 1 aliphatic heterocycles. The Morgan fingerprint density at radius 2 is 1.85 bits per heavy atom. The van der Waals surface area contributed by atoms with Crippen LogP contribution in [-0.2, 0) is 14.3 Å². The van der Waals surface area contributed by atoms with Crippen molar-refractivity contribution in [2.24, 2.45) is 5.92 Å². The number of nitrogens with zero attached hydrogens (tertiary/aromatic N) is 1. The number of halogens is 1. The first-order valence-corrected chi connectivity index (χ1v) is 8.38. The Hall–Kier alpha value is -3.22. The molecule has 1 amide bonds. The molecule has 140 valence electrons. The summed E-state index contributed by atoms with van der Waals surface area (Å²) < 4.78 is 24.0. The van der Waals surface area contributed by atoms with Crippen molar-refractivity contribution < 1.29 is 28.2 Å². The Labute approximate surface area is 155 Å². The highest BCUT2D eigenvalue weighted by Gasteiger charge is 2.37. The molecule has 0 unspecified atom stereocenters. The first kappa shape index (κ1) is 18.6. The minimum Gasteiger partial charge on any atom is -0.497 e. The van der Waals surface area contributed by atoms with Crippen LogP contribution >= 0.6 is 0 Å². The fourth-order valence-corrected chi connectivity index (χ4v) is 2.88. The molecule has 3 rings (SSSR count). The fraction of sp³-hybridized carbons (Fsp3) is 0.250. The van der Waals surface area contributed by atoms with Gasteiger partial charge in [0.25, 0.3) is 0 Å². The van der Waals surface area contributed by atoms with E-state index >= 15 is 0 Å². The Morgan fingerprint density at radius 3 is 2.52 bits per heavy atom. The SMILES string of the molecule is COc1ccc(C(=O)COC(=O)[C@H]2CC(=O)N(c3ccccc3F)C2)cc1. The lowest BCUT2D eigenvalue weighted by Gasteiger charge is -2.17. The zero-order valence-electron chi connectivity index (χ0n) is 14.7. The molecule has 2 aromatic rings. The molecule has 7 heteroatoms. The van der Waals surface area contributed by atoms with E-state index < -0.39 is 24.3 Å². The number of rotatable bonds is 6. The number of hydrogen-bond donors (Lipinski definition) is 0. The van der Waals surface area contributed by atoms with Crippen LogP contribution in [0.25, 0.3) is 0 Å². The molecule has 0 saturated carbocycles. The van der Waals surface area contributed by atoms with Crippen molar-refractivity contribution in [3.8, 4) is 5.75 Å². The maximum atomic E-state index is 13.9. The van der Waals surface area contributed by atoms with Gasteiger partial charge < -0.3 is 14.4 Å². The normalized spacial score (nSPS) is 16.3. The third kappa shape index (κ3) is 4.13. The van der Waals surface area contributed by atoms with Gasteiger partial charge in [0.1, 0.15) is 11.6 Å². The van der Waals surface area contributed by atoms with E-state index in [9.17, 15) is 18.8 Å². The first-order chi connectivity index (χ1) is 13.0. The quantitative estimate of drug-likeness (QED) is 0.577. The monoisotopic (exact) mass is 371 g/mol. The zero-order valence-corrected chi connectivity index (χ0v) is 14.7. The lowest BCUT2D eigenvalue weighted by molar-refractivity contribution is -0.147. The van der Waals surface area contributed by atoms with E-state index in [1.165, 1.54) is 30.2 Å². The molecule has 2 aromatic carbocycles. The van der Waals surface area contributed by atoms with Gasteiger partial charge in [-0.2, -0.15) is 0 Å². The molecule has 0 aliphatic carbocycles. The average Bonchev–Trinajstić information content (AvgIpc) is 3.08. The predicted molar refractivity (Wildman–Crippen MR) is 95.1 cm³/mol. The maximum Gasteiger partial charge on any atom is 0.311 e. The molecule has 6 nitrogen and oxygen atoms in total. The number of ketones is 1. The summed E-state index contributed by atoms with van der Waals surface area (Å²) in [4.78, 5) is 37.7. The lowest BCUT2D eigenvalue weighted by Crippen LogP contribution is -2.27. The molecule has 0 N–H and O–H groups in total. The van der Waals surface area contributed by atoms with E-state index in [1.807, 2.05) is 0 Å². The minimum atomic E-state index is -0.735. The zero-order chi connectivity index (χ0) is 19.4. The Balaban J connectivity index is 1.57. The average molecular weight is 371 g/mol. The smallest absolute Gasteiger partial charge is 0.311 e. The van der Waals surface area contributed by atoms with Crippen LogP contribution in [0.5, 0.6) is 5.75 Å². The van der Waals surface area contributed by atoms with E-state index in [1.54, 1.807) is 30.3 Å². The van der Waals surface area contributed by atoms with Crippen molar-refractivity contribution in [2.75, 3.05) is 25.2 Å². The summed E-state index contributed by atoms with van der Waals surface area (Å²) in [6, 6.07) is 12.3.